The average Bonchev–Trinajstić information content (AvgIpc) is 3.33. The molecule has 3 N–H and O–H groups in total. The highest BCUT2D eigenvalue weighted by Crippen LogP contribution is 2.18. The molecule has 3 aromatic rings. The summed E-state index contributed by atoms with van der Waals surface area (Å²) >= 11 is 12.1. The number of hydrogen-bond donors (Lipinski definition) is 3. The Morgan fingerprint density at radius 3 is 2.80 bits per heavy atom. The number of anilines is 1. The first kappa shape index (κ1) is 22.1. The monoisotopic (exact) mass is 450 g/mol. The van der Waals surface area contributed by atoms with E-state index in [2.05, 4.69) is 37.7 Å². The third-order valence-electron chi connectivity index (χ3n) is 4.39. The molecule has 30 heavy (non-hydrogen) atoms. The molecule has 2 aromatic heterocycles. The van der Waals surface area contributed by atoms with Crippen LogP contribution in [0.3, 0.4) is 0 Å². The van der Waals surface area contributed by atoms with Crippen LogP contribution >= 0.6 is 23.2 Å². The molecule has 0 aliphatic carbocycles. The Morgan fingerprint density at radius 1 is 1.17 bits per heavy atom. The van der Waals surface area contributed by atoms with Crippen LogP contribution < -0.4 is 10.6 Å². The molecule has 0 radical (unpaired) electrons. The highest BCUT2D eigenvalue weighted by atomic mass is 35.5. The number of aryl methyl sites for hydroxylation is 1. The molecule has 0 unspecified atom stereocenters. The van der Waals surface area contributed by atoms with Crippen molar-refractivity contribution in [2.45, 2.75) is 39.0 Å². The summed E-state index contributed by atoms with van der Waals surface area (Å²) in [4.78, 5) is 23.7. The Hall–Kier alpha value is -2.58. The van der Waals surface area contributed by atoms with E-state index < -0.39 is 0 Å². The van der Waals surface area contributed by atoms with E-state index in [0.717, 1.165) is 24.9 Å². The Morgan fingerprint density at radius 2 is 2.00 bits per heavy atom. The number of H-pyrrole nitrogens is 1. The first-order valence-corrected chi connectivity index (χ1v) is 10.6. The van der Waals surface area contributed by atoms with Crippen molar-refractivity contribution in [2.75, 3.05) is 18.4 Å². The van der Waals surface area contributed by atoms with Crippen molar-refractivity contribution in [1.82, 2.24) is 25.4 Å². The molecular weight excluding hydrogens is 427 g/mol. The first-order chi connectivity index (χ1) is 14.6. The number of aromatic nitrogens is 4. The molecule has 0 spiro atoms. The summed E-state index contributed by atoms with van der Waals surface area (Å²) < 4.78 is 5.29. The van der Waals surface area contributed by atoms with E-state index in [1.54, 1.807) is 0 Å². The number of nitrogens with zero attached hydrogens (tertiary/aromatic N) is 3. The minimum Gasteiger partial charge on any atom is -0.368 e. The Bertz CT molecular complexity index is 972. The van der Waals surface area contributed by atoms with Crippen molar-refractivity contribution >= 4 is 34.9 Å². The number of aromatic amines is 1. The summed E-state index contributed by atoms with van der Waals surface area (Å²) in [6.45, 7) is 3.27. The summed E-state index contributed by atoms with van der Waals surface area (Å²) in [5, 5.41) is 10.8. The molecule has 2 heterocycles. The van der Waals surface area contributed by atoms with Crippen LogP contribution in [0.4, 0.5) is 5.82 Å². The fourth-order valence-corrected chi connectivity index (χ4v) is 3.21. The van der Waals surface area contributed by atoms with Gasteiger partial charge in [0.1, 0.15) is 5.69 Å². The predicted octanol–water partition coefficient (Wildman–Crippen LogP) is 4.26. The minimum absolute atomic E-state index is 0.177. The SMILES string of the molecule is CCCCNc1nc(Cl)[nH]c1C(=O)NCCCc1nc(Cc2ccccc2Cl)no1. The maximum absolute atomic E-state index is 12.4. The van der Waals surface area contributed by atoms with E-state index in [0.29, 0.717) is 54.1 Å². The molecule has 3 rings (SSSR count). The number of amides is 1. The van der Waals surface area contributed by atoms with Crippen LogP contribution in [0.2, 0.25) is 10.3 Å². The van der Waals surface area contributed by atoms with Crippen molar-refractivity contribution in [2.24, 2.45) is 0 Å². The Balaban J connectivity index is 1.45. The highest BCUT2D eigenvalue weighted by molar-refractivity contribution is 6.31. The van der Waals surface area contributed by atoms with Gasteiger partial charge >= 0.3 is 0 Å². The van der Waals surface area contributed by atoms with Crippen molar-refractivity contribution < 1.29 is 9.32 Å². The second-order valence-corrected chi connectivity index (χ2v) is 7.53. The fourth-order valence-electron chi connectivity index (χ4n) is 2.83. The number of nitrogens with one attached hydrogen (secondary N) is 3. The smallest absolute Gasteiger partial charge is 0.271 e. The van der Waals surface area contributed by atoms with E-state index in [1.165, 1.54) is 0 Å². The summed E-state index contributed by atoms with van der Waals surface area (Å²) in [7, 11) is 0. The van der Waals surface area contributed by atoms with Gasteiger partial charge in [0.05, 0.1) is 0 Å². The number of benzene rings is 1. The van der Waals surface area contributed by atoms with Crippen LogP contribution in [0.5, 0.6) is 0 Å². The third kappa shape index (κ3) is 6.21. The van der Waals surface area contributed by atoms with Gasteiger partial charge in [-0.25, -0.2) is 4.98 Å². The van der Waals surface area contributed by atoms with Gasteiger partial charge in [-0.15, -0.1) is 0 Å². The topological polar surface area (TPSA) is 109 Å². The third-order valence-corrected chi connectivity index (χ3v) is 4.94. The van der Waals surface area contributed by atoms with E-state index in [1.807, 2.05) is 24.3 Å². The molecule has 8 nitrogen and oxygen atoms in total. The van der Waals surface area contributed by atoms with Crippen LogP contribution in [0.25, 0.3) is 0 Å². The van der Waals surface area contributed by atoms with Crippen molar-refractivity contribution in [3.63, 3.8) is 0 Å². The quantitative estimate of drug-likeness (QED) is 0.376. The molecule has 0 aliphatic rings. The van der Waals surface area contributed by atoms with Gasteiger partial charge in [-0.1, -0.05) is 48.3 Å². The van der Waals surface area contributed by atoms with Gasteiger partial charge in [-0.3, -0.25) is 4.79 Å². The molecule has 0 atom stereocenters. The number of rotatable bonds is 11. The molecule has 1 aromatic carbocycles. The summed E-state index contributed by atoms with van der Waals surface area (Å²) in [6.07, 6.45) is 3.74. The number of carbonyl (C=O) groups is 1. The maximum atomic E-state index is 12.4. The molecule has 160 valence electrons. The molecule has 0 aliphatic heterocycles. The maximum Gasteiger partial charge on any atom is 0.271 e. The average molecular weight is 451 g/mol. The van der Waals surface area contributed by atoms with Crippen LogP contribution in [-0.2, 0) is 12.8 Å². The lowest BCUT2D eigenvalue weighted by atomic mass is 10.1. The lowest BCUT2D eigenvalue weighted by molar-refractivity contribution is 0.0949. The number of hydrogen-bond acceptors (Lipinski definition) is 6. The van der Waals surface area contributed by atoms with E-state index in [-0.39, 0.29) is 11.2 Å². The van der Waals surface area contributed by atoms with Crippen LogP contribution in [0.1, 0.15) is 54.0 Å². The second kappa shape index (κ2) is 11.0. The zero-order chi connectivity index (χ0) is 21.3. The lowest BCUT2D eigenvalue weighted by Crippen LogP contribution is -2.26. The van der Waals surface area contributed by atoms with Crippen molar-refractivity contribution in [1.29, 1.82) is 0 Å². The summed E-state index contributed by atoms with van der Waals surface area (Å²) in [5.74, 6) is 1.31. The van der Waals surface area contributed by atoms with Gasteiger partial charge in [0, 0.05) is 31.0 Å². The van der Waals surface area contributed by atoms with E-state index >= 15 is 0 Å². The zero-order valence-electron chi connectivity index (χ0n) is 16.7. The normalized spacial score (nSPS) is 10.9. The van der Waals surface area contributed by atoms with Crippen LogP contribution in [0, 0.1) is 0 Å². The van der Waals surface area contributed by atoms with Crippen molar-refractivity contribution in [3.8, 4) is 0 Å². The van der Waals surface area contributed by atoms with Gasteiger partial charge in [-0.05, 0) is 36.1 Å². The molecule has 0 saturated heterocycles. The van der Waals surface area contributed by atoms with Crippen molar-refractivity contribution in [3.05, 3.63) is 57.5 Å². The fraction of sp³-hybridized carbons (Fsp3) is 0.400. The van der Waals surface area contributed by atoms with Gasteiger partial charge < -0.3 is 20.1 Å². The zero-order valence-corrected chi connectivity index (χ0v) is 18.2. The molecule has 1 amide bonds. The Kier molecular flexibility index (Phi) is 8.10. The Labute approximate surface area is 184 Å². The van der Waals surface area contributed by atoms with Gasteiger partial charge in [0.25, 0.3) is 5.91 Å². The summed E-state index contributed by atoms with van der Waals surface area (Å²) in [5.41, 5.74) is 1.27. The van der Waals surface area contributed by atoms with Gasteiger partial charge in [0.15, 0.2) is 11.6 Å². The predicted molar refractivity (Wildman–Crippen MR) is 116 cm³/mol. The van der Waals surface area contributed by atoms with Crippen LogP contribution in [0.15, 0.2) is 28.8 Å². The standard InChI is InChI=1S/C20H24Cl2N6O2/c1-2-3-10-23-18-17(26-20(22)27-18)19(29)24-11-6-9-16-25-15(28-30-16)12-13-7-4-5-8-14(13)21/h4-5,7-8,23H,2-3,6,9-12H2,1H3,(H,24,29)(H,26,27). The molecule has 0 saturated carbocycles. The number of carbonyl (C=O) groups excluding carboxylic acids is 1. The molecule has 0 fully saturated rings. The minimum atomic E-state index is -0.265. The van der Waals surface area contributed by atoms with Gasteiger partial charge in [-0.2, -0.15) is 4.98 Å². The highest BCUT2D eigenvalue weighted by Gasteiger charge is 2.16. The molecule has 10 heteroatoms. The first-order valence-electron chi connectivity index (χ1n) is 9.89. The molecule has 0 bridgehead atoms. The number of halogens is 2. The number of imidazole rings is 1. The second-order valence-electron chi connectivity index (χ2n) is 6.76. The summed E-state index contributed by atoms with van der Waals surface area (Å²) in [6, 6.07) is 7.56. The van der Waals surface area contributed by atoms with Gasteiger partial charge in [0.2, 0.25) is 11.2 Å². The van der Waals surface area contributed by atoms with Crippen LogP contribution in [-0.4, -0.2) is 39.1 Å². The number of unbranched alkanes of at least 4 members (excludes halogenated alkanes) is 1. The van der Waals surface area contributed by atoms with E-state index in [9.17, 15) is 4.79 Å². The van der Waals surface area contributed by atoms with E-state index in [4.69, 9.17) is 27.7 Å². The molecular formula is C20H24Cl2N6O2. The lowest BCUT2D eigenvalue weighted by Gasteiger charge is -2.06. The largest absolute Gasteiger partial charge is 0.368 e.